The van der Waals surface area contributed by atoms with Crippen molar-refractivity contribution < 1.29 is 52.2 Å². The SMILES string of the molecule is Cc1ccc(CC(=O)N[C@@H](Cc2cc(F)cc(F)c2)C(=O)N[C@@H]2C(=O)N3CCC[C@H]3C(=O)N(C)[C@@H]([C@H](C)O)C(=O)N[C@@H](C)C(=O)N3C[C@H](C)C[C@H]3C(=O)O[C@H]2C)cc1. The number of halogens is 2. The maximum atomic E-state index is 14.6. The molecule has 2 aromatic carbocycles. The van der Waals surface area contributed by atoms with E-state index in [0.29, 0.717) is 18.1 Å². The standard InChI is InChI=1S/C41H52F2N6O9/c1-21-9-11-26(12-10-21)18-33(51)45-30(17-27-15-28(42)19-29(43)16-27)36(52)46-34-25(5)58-41(57)32-14-22(2)20-49(32)38(54)23(3)44-37(53)35(24(4)50)47(6)39(55)31-8-7-13-48(31)40(34)56/h9-12,15-16,19,22-25,30-32,34-35,50H,7-8,13-14,17-18,20H2,1-6H3,(H,44,53)(H,45,51)(H,46,52)/t22-,23+,24+,25+,30+,31+,32+,34+,35+/m1/s1. The van der Waals surface area contributed by atoms with Crippen molar-refractivity contribution in [3.05, 3.63) is 70.8 Å². The van der Waals surface area contributed by atoms with Crippen LogP contribution in [0.3, 0.4) is 0 Å². The van der Waals surface area contributed by atoms with Gasteiger partial charge in [-0.25, -0.2) is 13.6 Å². The van der Waals surface area contributed by atoms with Gasteiger partial charge in [0.05, 0.1) is 12.5 Å². The first-order chi connectivity index (χ1) is 27.3. The number of ether oxygens (including phenoxy) is 1. The van der Waals surface area contributed by atoms with E-state index >= 15 is 0 Å². The Hall–Kier alpha value is -5.45. The molecule has 314 valence electrons. The highest BCUT2D eigenvalue weighted by atomic mass is 19.1. The Morgan fingerprint density at radius 1 is 0.931 bits per heavy atom. The molecule has 0 spiro atoms. The molecule has 17 heteroatoms. The van der Waals surface area contributed by atoms with Crippen LogP contribution in [0.2, 0.25) is 0 Å². The number of likely N-dealkylation sites (N-methyl/N-ethyl adjacent to an activating group) is 1. The topological polar surface area (TPSA) is 195 Å². The summed E-state index contributed by atoms with van der Waals surface area (Å²) in [6, 6.07) is 1.70. The van der Waals surface area contributed by atoms with Crippen molar-refractivity contribution in [2.45, 2.75) is 115 Å². The first kappa shape index (κ1) is 43.7. The van der Waals surface area contributed by atoms with Crippen molar-refractivity contribution in [3.8, 4) is 0 Å². The molecule has 5 rings (SSSR count). The van der Waals surface area contributed by atoms with Gasteiger partial charge < -0.3 is 40.5 Å². The van der Waals surface area contributed by atoms with E-state index < -0.39 is 108 Å². The van der Waals surface area contributed by atoms with Gasteiger partial charge in [0.25, 0.3) is 0 Å². The molecule has 3 aliphatic rings. The minimum atomic E-state index is -1.67. The summed E-state index contributed by atoms with van der Waals surface area (Å²) in [5.41, 5.74) is 1.61. The highest BCUT2D eigenvalue weighted by molar-refractivity contribution is 5.98. The molecule has 58 heavy (non-hydrogen) atoms. The van der Waals surface area contributed by atoms with Gasteiger partial charge in [-0.15, -0.1) is 0 Å². The number of hydrogen-bond acceptors (Lipinski definition) is 9. The number of carbonyl (C=O) groups excluding carboxylic acids is 7. The zero-order chi connectivity index (χ0) is 42.6. The van der Waals surface area contributed by atoms with E-state index in [1.807, 2.05) is 26.0 Å². The van der Waals surface area contributed by atoms with E-state index in [-0.39, 0.29) is 43.8 Å². The monoisotopic (exact) mass is 810 g/mol. The Labute approximate surface area is 335 Å². The molecule has 3 fully saturated rings. The number of aliphatic hydroxyl groups is 1. The number of benzene rings is 2. The summed E-state index contributed by atoms with van der Waals surface area (Å²) in [7, 11) is 1.30. The number of fused-ring (bicyclic) bond motifs is 2. The van der Waals surface area contributed by atoms with Crippen LogP contribution in [-0.4, -0.2) is 130 Å². The quantitative estimate of drug-likeness (QED) is 0.281. The van der Waals surface area contributed by atoms with Crippen LogP contribution in [0.5, 0.6) is 0 Å². The molecule has 3 aliphatic heterocycles. The largest absolute Gasteiger partial charge is 0.458 e. The maximum absolute atomic E-state index is 14.6. The number of rotatable bonds is 8. The summed E-state index contributed by atoms with van der Waals surface area (Å²) < 4.78 is 34.5. The fraction of sp³-hybridized carbons (Fsp3) is 0.537. The lowest BCUT2D eigenvalue weighted by Crippen LogP contribution is -2.63. The van der Waals surface area contributed by atoms with Crippen LogP contribution in [-0.2, 0) is 51.1 Å². The van der Waals surface area contributed by atoms with Crippen LogP contribution in [0.1, 0.15) is 63.6 Å². The third kappa shape index (κ3) is 10.2. The molecule has 0 aromatic heterocycles. The van der Waals surface area contributed by atoms with Gasteiger partial charge in [0.15, 0.2) is 0 Å². The number of nitrogens with zero attached hydrogens (tertiary/aromatic N) is 3. The van der Waals surface area contributed by atoms with Crippen LogP contribution in [0.25, 0.3) is 0 Å². The first-order valence-electron chi connectivity index (χ1n) is 19.5. The number of hydrogen-bond donors (Lipinski definition) is 4. The van der Waals surface area contributed by atoms with E-state index in [4.69, 9.17) is 4.74 Å². The second-order valence-electron chi connectivity index (χ2n) is 15.8. The second kappa shape index (κ2) is 18.4. The minimum absolute atomic E-state index is 0.0244. The molecule has 3 heterocycles. The van der Waals surface area contributed by atoms with Crippen LogP contribution >= 0.6 is 0 Å². The molecule has 2 aromatic rings. The molecule has 3 saturated heterocycles. The summed E-state index contributed by atoms with van der Waals surface area (Å²) >= 11 is 0. The van der Waals surface area contributed by atoms with Gasteiger partial charge in [-0.2, -0.15) is 0 Å². The molecule has 0 bridgehead atoms. The Balaban J connectivity index is 1.51. The number of nitrogens with one attached hydrogen (secondary N) is 3. The Morgan fingerprint density at radius 3 is 2.22 bits per heavy atom. The van der Waals surface area contributed by atoms with Crippen molar-refractivity contribution in [2.24, 2.45) is 5.92 Å². The number of esters is 1. The van der Waals surface area contributed by atoms with Gasteiger partial charge in [0.2, 0.25) is 35.4 Å². The van der Waals surface area contributed by atoms with Crippen molar-refractivity contribution in [2.75, 3.05) is 20.1 Å². The number of carbonyl (C=O) groups is 7. The third-order valence-corrected chi connectivity index (χ3v) is 10.9. The van der Waals surface area contributed by atoms with Crippen molar-refractivity contribution in [1.82, 2.24) is 30.7 Å². The summed E-state index contributed by atoms with van der Waals surface area (Å²) in [6.45, 7) is 7.99. The number of aryl methyl sites for hydroxylation is 1. The molecular formula is C41H52F2N6O9. The summed E-state index contributed by atoms with van der Waals surface area (Å²) in [4.78, 5) is 101. The zero-order valence-electron chi connectivity index (χ0n) is 33.5. The normalized spacial score (nSPS) is 27.0. The minimum Gasteiger partial charge on any atom is -0.458 e. The molecule has 0 radical (unpaired) electrons. The second-order valence-corrected chi connectivity index (χ2v) is 15.8. The lowest BCUT2D eigenvalue weighted by Gasteiger charge is -2.37. The fourth-order valence-electron chi connectivity index (χ4n) is 7.95. The van der Waals surface area contributed by atoms with Gasteiger partial charge in [-0.05, 0) is 76.1 Å². The molecule has 6 amide bonds. The van der Waals surface area contributed by atoms with E-state index in [0.717, 1.165) is 22.6 Å². The van der Waals surface area contributed by atoms with Gasteiger partial charge in [0, 0.05) is 32.6 Å². The number of amides is 6. The van der Waals surface area contributed by atoms with Crippen molar-refractivity contribution in [3.63, 3.8) is 0 Å². The molecule has 0 unspecified atom stereocenters. The summed E-state index contributed by atoms with van der Waals surface area (Å²) in [5.74, 6) is -7.39. The predicted octanol–water partition coefficient (Wildman–Crippen LogP) is 0.914. The average Bonchev–Trinajstić information content (AvgIpc) is 3.80. The summed E-state index contributed by atoms with van der Waals surface area (Å²) in [5, 5.41) is 18.5. The van der Waals surface area contributed by atoms with Crippen LogP contribution < -0.4 is 16.0 Å². The lowest BCUT2D eigenvalue weighted by molar-refractivity contribution is -0.163. The van der Waals surface area contributed by atoms with E-state index in [9.17, 15) is 47.4 Å². The molecule has 4 N–H and O–H groups in total. The Bertz CT molecular complexity index is 1890. The van der Waals surface area contributed by atoms with Crippen LogP contribution in [0.4, 0.5) is 8.78 Å². The molecule has 15 nitrogen and oxygen atoms in total. The Kier molecular flexibility index (Phi) is 13.9. The zero-order valence-corrected chi connectivity index (χ0v) is 33.5. The van der Waals surface area contributed by atoms with Gasteiger partial charge in [-0.1, -0.05) is 36.8 Å². The van der Waals surface area contributed by atoms with E-state index in [1.54, 1.807) is 12.1 Å². The molecule has 0 saturated carbocycles. The van der Waals surface area contributed by atoms with E-state index in [2.05, 4.69) is 16.0 Å². The maximum Gasteiger partial charge on any atom is 0.329 e. The van der Waals surface area contributed by atoms with Gasteiger partial charge in [-0.3, -0.25) is 28.8 Å². The van der Waals surface area contributed by atoms with Crippen molar-refractivity contribution >= 4 is 41.4 Å². The van der Waals surface area contributed by atoms with Crippen molar-refractivity contribution in [1.29, 1.82) is 0 Å². The summed E-state index contributed by atoms with van der Waals surface area (Å²) in [6.07, 6.45) is -2.65. The highest BCUT2D eigenvalue weighted by Crippen LogP contribution is 2.27. The lowest BCUT2D eigenvalue weighted by atomic mass is 10.0. The first-order valence-corrected chi connectivity index (χ1v) is 19.5. The molecular weight excluding hydrogens is 758 g/mol. The van der Waals surface area contributed by atoms with Crippen LogP contribution in [0, 0.1) is 24.5 Å². The number of cyclic esters (lactones) is 1. The van der Waals surface area contributed by atoms with Gasteiger partial charge >= 0.3 is 5.97 Å². The molecule has 9 atom stereocenters. The van der Waals surface area contributed by atoms with E-state index in [1.165, 1.54) is 37.6 Å². The number of aliphatic hydroxyl groups excluding tert-OH is 1. The third-order valence-electron chi connectivity index (χ3n) is 10.9. The fourth-order valence-corrected chi connectivity index (χ4v) is 7.95. The smallest absolute Gasteiger partial charge is 0.329 e. The predicted molar refractivity (Wildman–Crippen MR) is 204 cm³/mol. The highest BCUT2D eigenvalue weighted by Gasteiger charge is 2.47. The van der Waals surface area contributed by atoms with Gasteiger partial charge in [0.1, 0.15) is 54.0 Å². The van der Waals surface area contributed by atoms with Crippen LogP contribution in [0.15, 0.2) is 42.5 Å². The average molecular weight is 811 g/mol. The molecule has 0 aliphatic carbocycles. The Morgan fingerprint density at radius 2 is 1.59 bits per heavy atom.